The van der Waals surface area contributed by atoms with E-state index in [0.717, 1.165) is 0 Å². The third-order valence-electron chi connectivity index (χ3n) is 4.70. The average molecular weight is 455 g/mol. The zero-order valence-corrected chi connectivity index (χ0v) is 18.3. The number of nitrogens with one attached hydrogen (secondary N) is 1. The Balaban J connectivity index is 1.46. The molecule has 166 valence electrons. The Morgan fingerprint density at radius 3 is 2.78 bits per heavy atom. The van der Waals surface area contributed by atoms with Crippen molar-refractivity contribution in [2.24, 2.45) is 4.99 Å². The summed E-state index contributed by atoms with van der Waals surface area (Å²) in [7, 11) is 0. The van der Waals surface area contributed by atoms with Crippen LogP contribution in [-0.4, -0.2) is 46.4 Å². The van der Waals surface area contributed by atoms with E-state index in [4.69, 9.17) is 14.2 Å². The molecule has 2 aromatic rings. The Morgan fingerprint density at radius 1 is 1.22 bits per heavy atom. The first-order valence-corrected chi connectivity index (χ1v) is 10.9. The van der Waals surface area contributed by atoms with Crippen LogP contribution in [0.1, 0.15) is 20.3 Å². The van der Waals surface area contributed by atoms with Gasteiger partial charge in [-0.05, 0) is 31.2 Å². The molecule has 1 unspecified atom stereocenters. The summed E-state index contributed by atoms with van der Waals surface area (Å²) < 4.78 is 15.8. The van der Waals surface area contributed by atoms with Gasteiger partial charge in [-0.3, -0.25) is 19.3 Å². The first kappa shape index (κ1) is 21.7. The summed E-state index contributed by atoms with van der Waals surface area (Å²) in [5.41, 5.74) is 0.994. The van der Waals surface area contributed by atoms with Crippen molar-refractivity contribution in [3.8, 4) is 17.2 Å². The van der Waals surface area contributed by atoms with Gasteiger partial charge in [0.15, 0.2) is 22.4 Å². The molecule has 0 aliphatic carbocycles. The summed E-state index contributed by atoms with van der Waals surface area (Å²) >= 11 is 1.24. The molecule has 0 aromatic heterocycles. The number of esters is 1. The molecule has 2 aromatic carbocycles. The van der Waals surface area contributed by atoms with Gasteiger partial charge in [-0.25, -0.2) is 4.99 Å². The van der Waals surface area contributed by atoms with Gasteiger partial charge in [0, 0.05) is 26.0 Å². The number of amidine groups is 1. The van der Waals surface area contributed by atoms with Gasteiger partial charge in [0.1, 0.15) is 5.25 Å². The molecule has 1 fully saturated rings. The van der Waals surface area contributed by atoms with Crippen molar-refractivity contribution in [2.45, 2.75) is 25.5 Å². The van der Waals surface area contributed by atoms with Crippen LogP contribution in [-0.2, 0) is 14.4 Å². The third-order valence-corrected chi connectivity index (χ3v) is 5.88. The Labute approximate surface area is 188 Å². The fourth-order valence-corrected chi connectivity index (χ4v) is 4.49. The first-order valence-electron chi connectivity index (χ1n) is 9.98. The van der Waals surface area contributed by atoms with Gasteiger partial charge in [0.25, 0.3) is 0 Å². The molecule has 32 heavy (non-hydrogen) atoms. The Kier molecular flexibility index (Phi) is 6.31. The van der Waals surface area contributed by atoms with Crippen LogP contribution in [0.25, 0.3) is 0 Å². The van der Waals surface area contributed by atoms with E-state index in [1.54, 1.807) is 47.4 Å². The highest BCUT2D eigenvalue weighted by molar-refractivity contribution is 8.15. The SMILES string of the molecule is CCN1C(=O)C(CC(=O)Nc2ccccc2OC(C)=O)SC1=Nc1ccc2c(c1)OCO2. The summed E-state index contributed by atoms with van der Waals surface area (Å²) in [4.78, 5) is 42.9. The summed E-state index contributed by atoms with van der Waals surface area (Å²) in [6.07, 6.45) is -0.0471. The van der Waals surface area contributed by atoms with E-state index < -0.39 is 11.2 Å². The number of hydrogen-bond donors (Lipinski definition) is 1. The lowest BCUT2D eigenvalue weighted by Crippen LogP contribution is -2.33. The number of carbonyl (C=O) groups excluding carboxylic acids is 3. The number of rotatable bonds is 6. The number of aliphatic imine (C=N–C) groups is 1. The maximum atomic E-state index is 12.9. The van der Waals surface area contributed by atoms with Crippen LogP contribution in [0.3, 0.4) is 0 Å². The molecule has 10 heteroatoms. The fraction of sp³-hybridized carbons (Fsp3) is 0.273. The maximum absolute atomic E-state index is 12.9. The zero-order valence-electron chi connectivity index (χ0n) is 17.5. The highest BCUT2D eigenvalue weighted by Crippen LogP contribution is 2.37. The van der Waals surface area contributed by atoms with Crippen LogP contribution >= 0.6 is 11.8 Å². The van der Waals surface area contributed by atoms with Crippen LogP contribution in [0.5, 0.6) is 17.2 Å². The summed E-state index contributed by atoms with van der Waals surface area (Å²) in [6, 6.07) is 11.9. The predicted molar refractivity (Wildman–Crippen MR) is 119 cm³/mol. The number of hydrogen-bond acceptors (Lipinski definition) is 8. The van der Waals surface area contributed by atoms with Gasteiger partial charge >= 0.3 is 5.97 Å². The number of anilines is 1. The summed E-state index contributed by atoms with van der Waals surface area (Å²) in [6.45, 7) is 3.74. The molecule has 1 atom stereocenters. The molecule has 2 heterocycles. The summed E-state index contributed by atoms with van der Waals surface area (Å²) in [5.74, 6) is 0.470. The van der Waals surface area contributed by atoms with Crippen LogP contribution in [0.15, 0.2) is 47.5 Å². The number of benzene rings is 2. The van der Waals surface area contributed by atoms with Gasteiger partial charge in [0.05, 0.1) is 11.4 Å². The van der Waals surface area contributed by atoms with E-state index >= 15 is 0 Å². The minimum absolute atomic E-state index is 0.0471. The highest BCUT2D eigenvalue weighted by atomic mass is 32.2. The van der Waals surface area contributed by atoms with E-state index in [1.165, 1.54) is 18.7 Å². The Morgan fingerprint density at radius 2 is 2.00 bits per heavy atom. The zero-order chi connectivity index (χ0) is 22.7. The monoisotopic (exact) mass is 455 g/mol. The van der Waals surface area contributed by atoms with Crippen molar-refractivity contribution in [1.29, 1.82) is 0 Å². The second-order valence-corrected chi connectivity index (χ2v) is 8.13. The fourth-order valence-electron chi connectivity index (χ4n) is 3.26. The third kappa shape index (κ3) is 4.70. The van der Waals surface area contributed by atoms with E-state index in [2.05, 4.69) is 10.3 Å². The van der Waals surface area contributed by atoms with Gasteiger partial charge < -0.3 is 19.5 Å². The largest absolute Gasteiger partial charge is 0.454 e. The molecule has 0 spiro atoms. The molecule has 9 nitrogen and oxygen atoms in total. The first-order chi connectivity index (χ1) is 15.4. The van der Waals surface area contributed by atoms with Gasteiger partial charge in [-0.1, -0.05) is 23.9 Å². The Bertz CT molecular complexity index is 1100. The standard InChI is InChI=1S/C22H21N3O6S/c1-3-25-21(28)19(11-20(27)24-15-6-4-5-7-16(15)31-13(2)26)32-22(25)23-14-8-9-17-18(10-14)30-12-29-17/h4-10,19H,3,11-12H2,1-2H3,(H,24,27). The van der Waals surface area contributed by atoms with Crippen molar-refractivity contribution >= 4 is 46.1 Å². The van der Waals surface area contributed by atoms with Crippen molar-refractivity contribution in [3.63, 3.8) is 0 Å². The maximum Gasteiger partial charge on any atom is 0.308 e. The molecule has 1 N–H and O–H groups in total. The van der Waals surface area contributed by atoms with Crippen molar-refractivity contribution < 1.29 is 28.6 Å². The van der Waals surface area contributed by atoms with Crippen molar-refractivity contribution in [3.05, 3.63) is 42.5 Å². The average Bonchev–Trinajstić information content (AvgIpc) is 3.33. The molecule has 0 radical (unpaired) electrons. The normalized spacial score (nSPS) is 18.2. The van der Waals surface area contributed by atoms with Crippen molar-refractivity contribution in [1.82, 2.24) is 4.90 Å². The minimum atomic E-state index is -0.608. The number of para-hydroxylation sites is 2. The molecule has 0 bridgehead atoms. The topological polar surface area (TPSA) is 107 Å². The Hall–Kier alpha value is -3.53. The van der Waals surface area contributed by atoms with Gasteiger partial charge in [0.2, 0.25) is 18.6 Å². The minimum Gasteiger partial charge on any atom is -0.454 e. The molecule has 2 aliphatic rings. The predicted octanol–water partition coefficient (Wildman–Crippen LogP) is 3.32. The van der Waals surface area contributed by atoms with E-state index in [-0.39, 0.29) is 30.8 Å². The number of nitrogens with zero attached hydrogens (tertiary/aromatic N) is 2. The van der Waals surface area contributed by atoms with Crippen LogP contribution < -0.4 is 19.5 Å². The second kappa shape index (κ2) is 9.31. The van der Waals surface area contributed by atoms with E-state index in [0.29, 0.717) is 34.6 Å². The van der Waals surface area contributed by atoms with Gasteiger partial charge in [-0.2, -0.15) is 0 Å². The summed E-state index contributed by atoms with van der Waals surface area (Å²) in [5, 5.41) is 2.63. The highest BCUT2D eigenvalue weighted by Gasteiger charge is 2.38. The van der Waals surface area contributed by atoms with Crippen LogP contribution in [0.2, 0.25) is 0 Å². The smallest absolute Gasteiger partial charge is 0.308 e. The number of ether oxygens (including phenoxy) is 3. The molecular weight excluding hydrogens is 434 g/mol. The number of carbonyl (C=O) groups is 3. The quantitative estimate of drug-likeness (QED) is 0.526. The lowest BCUT2D eigenvalue weighted by molar-refractivity contribution is -0.132. The van der Waals surface area contributed by atoms with E-state index in [9.17, 15) is 14.4 Å². The van der Waals surface area contributed by atoms with Crippen LogP contribution in [0.4, 0.5) is 11.4 Å². The number of thioether (sulfide) groups is 1. The molecule has 2 aliphatic heterocycles. The van der Waals surface area contributed by atoms with Gasteiger partial charge in [-0.15, -0.1) is 0 Å². The molecule has 2 amide bonds. The number of fused-ring (bicyclic) bond motifs is 1. The molecule has 1 saturated heterocycles. The second-order valence-electron chi connectivity index (χ2n) is 6.96. The van der Waals surface area contributed by atoms with E-state index in [1.807, 2.05) is 6.92 Å². The lowest BCUT2D eigenvalue weighted by Gasteiger charge is -2.13. The molecule has 4 rings (SSSR count). The molecular formula is C22H21N3O6S. The molecule has 0 saturated carbocycles. The number of amides is 2. The van der Waals surface area contributed by atoms with Crippen molar-refractivity contribution in [2.75, 3.05) is 18.7 Å². The lowest BCUT2D eigenvalue weighted by atomic mass is 10.2. The van der Waals surface area contributed by atoms with Crippen LogP contribution in [0, 0.1) is 0 Å².